The number of aliphatic hydroxyl groups is 3. The molecular weight excluding hydrogens is 643 g/mol. The largest absolute Gasteiger partial charge is 0.466 e. The van der Waals surface area contributed by atoms with Crippen molar-refractivity contribution in [2.45, 2.75) is 84.9 Å². The lowest BCUT2D eigenvalue weighted by Crippen LogP contribution is -2.65. The van der Waals surface area contributed by atoms with Crippen LogP contribution in [0.3, 0.4) is 0 Å². The Labute approximate surface area is 284 Å². The van der Waals surface area contributed by atoms with Crippen LogP contribution in [0.2, 0.25) is 0 Å². The molecule has 2 fully saturated rings. The normalized spacial score (nSPS) is 30.6. The number of thioether (sulfide) groups is 2. The Bertz CT molecular complexity index is 1350. The summed E-state index contributed by atoms with van der Waals surface area (Å²) < 4.78 is 17.5. The molecule has 2 saturated heterocycles. The van der Waals surface area contributed by atoms with Crippen molar-refractivity contribution in [2.24, 2.45) is 5.92 Å². The Morgan fingerprint density at radius 1 is 1.11 bits per heavy atom. The highest BCUT2D eigenvalue weighted by Crippen LogP contribution is 2.36. The van der Waals surface area contributed by atoms with Gasteiger partial charge in [0, 0.05) is 41.5 Å². The second-order valence-corrected chi connectivity index (χ2v) is 14.4. The van der Waals surface area contributed by atoms with Gasteiger partial charge in [0.05, 0.1) is 31.8 Å². The summed E-state index contributed by atoms with van der Waals surface area (Å²) >= 11 is 2.73. The molecule has 5 rings (SSSR count). The van der Waals surface area contributed by atoms with Crippen molar-refractivity contribution in [3.05, 3.63) is 60.9 Å². The van der Waals surface area contributed by atoms with Crippen molar-refractivity contribution >= 4 is 35.4 Å². The topological polar surface area (TPSA) is 151 Å². The lowest BCUT2D eigenvalue weighted by atomic mass is 9.92. The van der Waals surface area contributed by atoms with Crippen LogP contribution in [0, 0.1) is 5.92 Å². The molecule has 0 bridgehead atoms. The number of amides is 1. The molecule has 47 heavy (non-hydrogen) atoms. The van der Waals surface area contributed by atoms with Gasteiger partial charge >= 0.3 is 5.97 Å². The minimum Gasteiger partial charge on any atom is -0.466 e. The number of ether oxygens (including phenoxy) is 3. The van der Waals surface area contributed by atoms with Crippen LogP contribution in [-0.4, -0.2) is 123 Å². The van der Waals surface area contributed by atoms with Crippen LogP contribution >= 0.6 is 23.5 Å². The molecule has 0 aliphatic carbocycles. The van der Waals surface area contributed by atoms with Gasteiger partial charge in [0.25, 0.3) is 0 Å². The first-order valence-electron chi connectivity index (χ1n) is 16.1. The number of aromatic nitrogens is 1. The number of fused-ring (bicyclic) bond motifs is 1. The molecule has 2 aromatic rings. The molecule has 10 atom stereocenters. The number of hydrogen-bond acceptors (Lipinski definition) is 12. The number of hydrogen-bond donors (Lipinski definition) is 4. The van der Waals surface area contributed by atoms with Gasteiger partial charge in [0.2, 0.25) is 5.91 Å². The van der Waals surface area contributed by atoms with Gasteiger partial charge in [-0.25, -0.2) is 0 Å². The van der Waals surface area contributed by atoms with E-state index in [4.69, 9.17) is 14.2 Å². The number of nitrogens with one attached hydrogen (secondary N) is 1. The highest BCUT2D eigenvalue weighted by atomic mass is 32.2. The molecule has 1 aromatic heterocycles. The first kappa shape index (κ1) is 35.8. The molecule has 256 valence electrons. The molecule has 6 unspecified atom stereocenters. The average Bonchev–Trinajstić information content (AvgIpc) is 3.27. The number of nitrogens with zero attached hydrogens (tertiary/aromatic N) is 2. The molecule has 0 radical (unpaired) electrons. The fourth-order valence-corrected chi connectivity index (χ4v) is 8.34. The van der Waals surface area contributed by atoms with Crippen molar-refractivity contribution in [1.29, 1.82) is 0 Å². The lowest BCUT2D eigenvalue weighted by Gasteiger charge is -2.45. The van der Waals surface area contributed by atoms with Crippen molar-refractivity contribution < 1.29 is 39.1 Å². The van der Waals surface area contributed by atoms with Crippen molar-refractivity contribution in [1.82, 2.24) is 15.2 Å². The molecule has 0 saturated carbocycles. The third-order valence-electron chi connectivity index (χ3n) is 8.98. The average molecular weight is 688 g/mol. The Balaban J connectivity index is 1.40. The summed E-state index contributed by atoms with van der Waals surface area (Å²) in [6.45, 7) is 5.27. The van der Waals surface area contributed by atoms with Gasteiger partial charge in [-0.1, -0.05) is 37.3 Å². The Morgan fingerprint density at radius 3 is 2.60 bits per heavy atom. The molecule has 0 spiro atoms. The van der Waals surface area contributed by atoms with Gasteiger partial charge in [0.1, 0.15) is 35.9 Å². The third-order valence-corrected chi connectivity index (χ3v) is 11.0. The zero-order valence-corrected chi connectivity index (χ0v) is 28.5. The summed E-state index contributed by atoms with van der Waals surface area (Å²) in [6.07, 6.45) is 4.56. The van der Waals surface area contributed by atoms with Gasteiger partial charge in [-0.05, 0) is 48.9 Å². The molecular formula is C34H45N3O8S2. The van der Waals surface area contributed by atoms with Gasteiger partial charge < -0.3 is 34.8 Å². The van der Waals surface area contributed by atoms with E-state index in [0.29, 0.717) is 19.7 Å². The maximum atomic E-state index is 14.4. The van der Waals surface area contributed by atoms with Crippen LogP contribution in [-0.2, 0) is 23.8 Å². The monoisotopic (exact) mass is 687 g/mol. The fraction of sp³-hybridized carbons (Fsp3) is 0.559. The first-order chi connectivity index (χ1) is 22.7. The standard InChI is InChI=1S/C34H45N3O8S2/c1-4-43-25(38)14-16-37-19-23-8-5-6-17-44-31(23)27(37)33(42)36-26(32-29(40)28(39)30(41)34(45-32)46-3)20(2)47-24-12-10-21(11-13-24)22-9-7-15-35-18-22/h5-7,9-13,15,18,20,23,26-32,34,39-41H,4,8,14,16-17,19H2,1-3H3,(H,36,42)/t20-,23-,26+,27-,28?,29?,30?,31?,32?,34?/m0/s1. The van der Waals surface area contributed by atoms with Crippen molar-refractivity contribution in [2.75, 3.05) is 32.6 Å². The molecule has 3 aliphatic heterocycles. The van der Waals surface area contributed by atoms with Crippen LogP contribution in [0.5, 0.6) is 0 Å². The predicted octanol–water partition coefficient (Wildman–Crippen LogP) is 2.48. The highest BCUT2D eigenvalue weighted by molar-refractivity contribution is 8.00. The van der Waals surface area contributed by atoms with Gasteiger partial charge in [-0.2, -0.15) is 0 Å². The number of benzene rings is 1. The van der Waals surface area contributed by atoms with E-state index in [-0.39, 0.29) is 36.1 Å². The van der Waals surface area contributed by atoms with E-state index in [1.807, 2.05) is 54.3 Å². The summed E-state index contributed by atoms with van der Waals surface area (Å²) in [6, 6.07) is 10.4. The summed E-state index contributed by atoms with van der Waals surface area (Å²) in [5.74, 6) is -0.583. The Hall–Kier alpha value is -2.49. The van der Waals surface area contributed by atoms with Crippen LogP contribution in [0.1, 0.15) is 26.7 Å². The maximum absolute atomic E-state index is 14.4. The number of carbonyl (C=O) groups excluding carboxylic acids is 2. The first-order valence-corrected chi connectivity index (χ1v) is 18.2. The molecule has 11 nitrogen and oxygen atoms in total. The van der Waals surface area contributed by atoms with Crippen molar-refractivity contribution in [3.8, 4) is 11.1 Å². The number of pyridine rings is 1. The zero-order valence-electron chi connectivity index (χ0n) is 26.9. The summed E-state index contributed by atoms with van der Waals surface area (Å²) in [5, 5.41) is 35.4. The molecule has 1 amide bonds. The number of rotatable bonds is 12. The minimum atomic E-state index is -1.46. The van der Waals surface area contributed by atoms with Crippen molar-refractivity contribution in [3.63, 3.8) is 0 Å². The zero-order chi connectivity index (χ0) is 33.5. The SMILES string of the molecule is CCOC(=O)CCN1C[C@@H]2CC=CCOC2[C@H]1C(=O)N[C@@H](C1OC(SC)C(O)C(O)C1O)[C@H](C)Sc1ccc(-c2cccnc2)cc1. The smallest absolute Gasteiger partial charge is 0.307 e. The van der Waals surface area contributed by atoms with Crippen LogP contribution in [0.15, 0.2) is 65.8 Å². The van der Waals surface area contributed by atoms with Crippen LogP contribution in [0.4, 0.5) is 0 Å². The quantitative estimate of drug-likeness (QED) is 0.148. The Morgan fingerprint density at radius 2 is 1.89 bits per heavy atom. The van der Waals surface area contributed by atoms with Gasteiger partial charge in [-0.3, -0.25) is 19.5 Å². The second kappa shape index (κ2) is 16.8. The van der Waals surface area contributed by atoms with Crippen LogP contribution in [0.25, 0.3) is 11.1 Å². The van der Waals surface area contributed by atoms with E-state index in [9.17, 15) is 24.9 Å². The minimum absolute atomic E-state index is 0.0598. The predicted molar refractivity (Wildman–Crippen MR) is 181 cm³/mol. The molecule has 4 N–H and O–H groups in total. The number of likely N-dealkylation sites (tertiary alicyclic amines) is 1. The number of carbonyl (C=O) groups is 2. The van der Waals surface area contributed by atoms with Crippen LogP contribution < -0.4 is 5.32 Å². The van der Waals surface area contributed by atoms with E-state index in [1.54, 1.807) is 25.6 Å². The summed E-state index contributed by atoms with van der Waals surface area (Å²) in [5.41, 5.74) is 1.21. The molecule has 4 heterocycles. The maximum Gasteiger partial charge on any atom is 0.307 e. The van der Waals surface area contributed by atoms with Gasteiger partial charge in [0.15, 0.2) is 0 Å². The third kappa shape index (κ3) is 8.57. The lowest BCUT2D eigenvalue weighted by molar-refractivity contribution is -0.205. The molecule has 3 aliphatic rings. The fourth-order valence-electron chi connectivity index (χ4n) is 6.57. The summed E-state index contributed by atoms with van der Waals surface area (Å²) in [4.78, 5) is 33.7. The van der Waals surface area contributed by atoms with Gasteiger partial charge in [-0.15, -0.1) is 23.5 Å². The number of esters is 1. The Kier molecular flexibility index (Phi) is 12.8. The van der Waals surface area contributed by atoms with E-state index in [1.165, 1.54) is 23.5 Å². The molecule has 13 heteroatoms. The van der Waals surface area contributed by atoms with E-state index in [2.05, 4.69) is 16.4 Å². The van der Waals surface area contributed by atoms with E-state index < -0.39 is 48.0 Å². The number of aliphatic hydroxyl groups excluding tert-OH is 3. The number of allylic oxidation sites excluding steroid dienone is 1. The highest BCUT2D eigenvalue weighted by Gasteiger charge is 2.51. The van der Waals surface area contributed by atoms with E-state index in [0.717, 1.165) is 22.4 Å². The van der Waals surface area contributed by atoms with E-state index >= 15 is 0 Å². The molecule has 1 aromatic carbocycles. The summed E-state index contributed by atoms with van der Waals surface area (Å²) in [7, 11) is 0. The second-order valence-electron chi connectivity index (χ2n) is 12.1.